The van der Waals surface area contributed by atoms with Crippen LogP contribution in [-0.4, -0.2) is 40.9 Å². The Labute approximate surface area is 185 Å². The van der Waals surface area contributed by atoms with Gasteiger partial charge in [-0.1, -0.05) is 27.0 Å². The maximum Gasteiger partial charge on any atom is 0.206 e. The smallest absolute Gasteiger partial charge is 0.206 e. The highest BCUT2D eigenvalue weighted by Gasteiger charge is 2.29. The first-order chi connectivity index (χ1) is 14.5. The standard InChI is InChI=1S/C23H26N4S.C2H6/c1-16-14-21(19-9-11-24-12-10-19)25-23(26(16)4)27-13-5-6-20(15-27)18(3)22-8-7-17(2)28-22;1-2/h7-12,14,20H,1,3,5-6,13,15H2,2,4H3;1-2H3. The molecule has 5 heteroatoms. The second-order valence-electron chi connectivity index (χ2n) is 7.45. The van der Waals surface area contributed by atoms with Crippen molar-refractivity contribution in [2.24, 2.45) is 10.9 Å². The predicted molar refractivity (Wildman–Crippen MR) is 130 cm³/mol. The number of piperidine rings is 1. The molecular weight excluding hydrogens is 388 g/mol. The molecule has 4 rings (SSSR count). The largest absolute Gasteiger partial charge is 0.342 e. The molecule has 0 spiro atoms. The van der Waals surface area contributed by atoms with E-state index in [1.54, 1.807) is 12.4 Å². The minimum atomic E-state index is 0.450. The molecule has 1 atom stereocenters. The molecule has 30 heavy (non-hydrogen) atoms. The SMILES string of the molecule is C=C(c1ccc(C)s1)C1CCCN(C2=NC(c3ccncc3)=CC(=C)N2C)C1.CC. The van der Waals surface area contributed by atoms with E-state index in [2.05, 4.69) is 47.0 Å². The normalized spacial score (nSPS) is 18.9. The number of aromatic nitrogens is 1. The number of likely N-dealkylation sites (N-methyl/N-ethyl adjacent to an activating group) is 1. The molecule has 0 amide bonds. The van der Waals surface area contributed by atoms with Crippen molar-refractivity contribution in [2.45, 2.75) is 33.6 Å². The van der Waals surface area contributed by atoms with Crippen LogP contribution in [0.5, 0.6) is 0 Å². The van der Waals surface area contributed by atoms with Crippen LogP contribution in [0.2, 0.25) is 0 Å². The molecule has 1 fully saturated rings. The number of pyridine rings is 1. The molecule has 0 N–H and O–H groups in total. The fourth-order valence-electron chi connectivity index (χ4n) is 3.80. The van der Waals surface area contributed by atoms with Gasteiger partial charge >= 0.3 is 0 Å². The summed E-state index contributed by atoms with van der Waals surface area (Å²) < 4.78 is 0. The van der Waals surface area contributed by atoms with Crippen LogP contribution in [0, 0.1) is 12.8 Å². The highest BCUT2D eigenvalue weighted by atomic mass is 32.1. The Hall–Kier alpha value is -2.66. The maximum atomic E-state index is 4.99. The lowest BCUT2D eigenvalue weighted by molar-refractivity contribution is 0.275. The van der Waals surface area contributed by atoms with Gasteiger partial charge in [0.15, 0.2) is 0 Å². The molecule has 0 bridgehead atoms. The number of guanidine groups is 1. The van der Waals surface area contributed by atoms with Gasteiger partial charge in [-0.15, -0.1) is 11.3 Å². The second kappa shape index (κ2) is 9.90. The number of hydrogen-bond acceptors (Lipinski definition) is 5. The molecule has 0 saturated carbocycles. The molecule has 0 radical (unpaired) electrons. The predicted octanol–water partition coefficient (Wildman–Crippen LogP) is 6.06. The molecule has 0 aliphatic carbocycles. The van der Waals surface area contributed by atoms with Crippen molar-refractivity contribution < 1.29 is 0 Å². The number of hydrogen-bond donors (Lipinski definition) is 0. The van der Waals surface area contributed by atoms with Crippen LogP contribution in [0.15, 0.2) is 66.6 Å². The van der Waals surface area contributed by atoms with Crippen molar-refractivity contribution in [3.8, 4) is 0 Å². The van der Waals surface area contributed by atoms with Crippen LogP contribution >= 0.6 is 11.3 Å². The average Bonchev–Trinajstić information content (AvgIpc) is 3.23. The fraction of sp³-hybridized carbons (Fsp3) is 0.360. The van der Waals surface area contributed by atoms with Crippen LogP contribution < -0.4 is 0 Å². The Morgan fingerprint density at radius 3 is 2.57 bits per heavy atom. The zero-order valence-electron chi connectivity index (χ0n) is 18.6. The molecule has 1 saturated heterocycles. The van der Waals surface area contributed by atoms with Crippen molar-refractivity contribution in [1.82, 2.24) is 14.8 Å². The van der Waals surface area contributed by atoms with Crippen LogP contribution in [0.1, 0.15) is 42.0 Å². The van der Waals surface area contributed by atoms with Gasteiger partial charge in [0.05, 0.1) is 5.70 Å². The second-order valence-corrected chi connectivity index (χ2v) is 8.74. The summed E-state index contributed by atoms with van der Waals surface area (Å²) in [4.78, 5) is 16.2. The Morgan fingerprint density at radius 2 is 1.90 bits per heavy atom. The molecule has 158 valence electrons. The van der Waals surface area contributed by atoms with Crippen LogP contribution in [0.25, 0.3) is 11.3 Å². The van der Waals surface area contributed by atoms with Crippen LogP contribution in [-0.2, 0) is 0 Å². The quantitative estimate of drug-likeness (QED) is 0.605. The first kappa shape index (κ1) is 22.0. The third kappa shape index (κ3) is 4.73. The van der Waals surface area contributed by atoms with Gasteiger partial charge in [-0.3, -0.25) is 4.98 Å². The van der Waals surface area contributed by atoms with Gasteiger partial charge in [0.1, 0.15) is 0 Å². The Bertz CT molecular complexity index is 955. The van der Waals surface area contributed by atoms with E-state index in [4.69, 9.17) is 4.99 Å². The van der Waals surface area contributed by atoms with E-state index in [0.29, 0.717) is 5.92 Å². The lowest BCUT2D eigenvalue weighted by atomic mass is 9.90. The van der Waals surface area contributed by atoms with Crippen molar-refractivity contribution in [2.75, 3.05) is 20.1 Å². The number of thiophene rings is 1. The van der Waals surface area contributed by atoms with Gasteiger partial charge in [-0.05, 0) is 55.7 Å². The summed E-state index contributed by atoms with van der Waals surface area (Å²) in [5.74, 6) is 1.42. The molecule has 2 aromatic heterocycles. The van der Waals surface area contributed by atoms with E-state index in [1.165, 1.54) is 21.7 Å². The first-order valence-electron chi connectivity index (χ1n) is 10.7. The van der Waals surface area contributed by atoms with Crippen molar-refractivity contribution in [3.05, 3.63) is 76.9 Å². The van der Waals surface area contributed by atoms with Gasteiger partial charge < -0.3 is 9.80 Å². The summed E-state index contributed by atoms with van der Waals surface area (Å²) in [5, 5.41) is 0. The van der Waals surface area contributed by atoms with Crippen LogP contribution in [0.4, 0.5) is 0 Å². The molecular formula is C25H32N4S. The van der Waals surface area contributed by atoms with E-state index in [-0.39, 0.29) is 0 Å². The maximum absolute atomic E-state index is 4.99. The van der Waals surface area contributed by atoms with E-state index in [9.17, 15) is 0 Å². The van der Waals surface area contributed by atoms with Crippen molar-refractivity contribution in [3.63, 3.8) is 0 Å². The van der Waals surface area contributed by atoms with E-state index < -0.39 is 0 Å². The molecule has 1 unspecified atom stereocenters. The van der Waals surface area contributed by atoms with E-state index >= 15 is 0 Å². The number of likely N-dealkylation sites (tertiary alicyclic amines) is 1. The number of nitrogens with zero attached hydrogens (tertiary/aromatic N) is 4. The summed E-state index contributed by atoms with van der Waals surface area (Å²) >= 11 is 1.84. The monoisotopic (exact) mass is 420 g/mol. The van der Waals surface area contributed by atoms with Gasteiger partial charge in [-0.25, -0.2) is 4.99 Å². The summed E-state index contributed by atoms with van der Waals surface area (Å²) in [7, 11) is 2.04. The molecule has 0 aromatic carbocycles. The Morgan fingerprint density at radius 1 is 1.17 bits per heavy atom. The first-order valence-corrected chi connectivity index (χ1v) is 11.5. The van der Waals surface area contributed by atoms with E-state index in [0.717, 1.165) is 42.4 Å². The molecule has 4 nitrogen and oxygen atoms in total. The number of aryl methyl sites for hydroxylation is 1. The average molecular weight is 421 g/mol. The van der Waals surface area contributed by atoms with Crippen molar-refractivity contribution in [1.29, 1.82) is 0 Å². The van der Waals surface area contributed by atoms with Crippen LogP contribution in [0.3, 0.4) is 0 Å². The molecule has 4 heterocycles. The van der Waals surface area contributed by atoms with Gasteiger partial charge in [-0.2, -0.15) is 0 Å². The molecule has 2 aromatic rings. The minimum Gasteiger partial charge on any atom is -0.342 e. The molecule has 2 aliphatic rings. The van der Waals surface area contributed by atoms with Gasteiger partial charge in [0.2, 0.25) is 5.96 Å². The number of rotatable bonds is 3. The third-order valence-corrected chi connectivity index (χ3v) is 6.56. The highest BCUT2D eigenvalue weighted by molar-refractivity contribution is 7.13. The lowest BCUT2D eigenvalue weighted by Crippen LogP contribution is -2.47. The van der Waals surface area contributed by atoms with Gasteiger partial charge in [0.25, 0.3) is 0 Å². The fourth-order valence-corrected chi connectivity index (χ4v) is 4.72. The Kier molecular flexibility index (Phi) is 7.27. The van der Waals surface area contributed by atoms with E-state index in [1.807, 2.05) is 50.4 Å². The topological polar surface area (TPSA) is 31.7 Å². The third-order valence-electron chi connectivity index (χ3n) is 5.48. The van der Waals surface area contributed by atoms with Gasteiger partial charge in [0, 0.05) is 59.5 Å². The summed E-state index contributed by atoms with van der Waals surface area (Å²) in [5.41, 5.74) is 4.21. The zero-order valence-corrected chi connectivity index (χ0v) is 19.4. The minimum absolute atomic E-state index is 0.450. The summed E-state index contributed by atoms with van der Waals surface area (Å²) in [6, 6.07) is 8.37. The number of aliphatic imine (C=N–C) groups is 1. The summed E-state index contributed by atoms with van der Waals surface area (Å²) in [6.45, 7) is 16.8. The summed E-state index contributed by atoms with van der Waals surface area (Å²) in [6.07, 6.45) is 7.96. The van der Waals surface area contributed by atoms with Crippen molar-refractivity contribution >= 4 is 28.6 Å². The Balaban J connectivity index is 0.00000124. The lowest BCUT2D eigenvalue weighted by Gasteiger charge is -2.40. The highest BCUT2D eigenvalue weighted by Crippen LogP contribution is 2.34. The zero-order chi connectivity index (χ0) is 21.7. The molecule has 2 aliphatic heterocycles. The number of allylic oxidation sites excluding steroid dienone is 1.